The van der Waals surface area contributed by atoms with E-state index in [4.69, 9.17) is 9.47 Å². The van der Waals surface area contributed by atoms with E-state index < -0.39 is 0 Å². The largest absolute Gasteiger partial charge is 0.494 e. The predicted octanol–water partition coefficient (Wildman–Crippen LogP) is 5.90. The quantitative estimate of drug-likeness (QED) is 0.568. The van der Waals surface area contributed by atoms with E-state index in [1.807, 2.05) is 36.4 Å². The highest BCUT2D eigenvalue weighted by Gasteiger charge is 2.12. The summed E-state index contributed by atoms with van der Waals surface area (Å²) in [7, 11) is 0. The molecular formula is C23H33NO2. The molecule has 0 aliphatic carbocycles. The molecule has 26 heavy (non-hydrogen) atoms. The minimum Gasteiger partial charge on any atom is -0.494 e. The van der Waals surface area contributed by atoms with Crippen LogP contribution < -0.4 is 14.8 Å². The Morgan fingerprint density at radius 2 is 1.35 bits per heavy atom. The van der Waals surface area contributed by atoms with Crippen molar-refractivity contribution in [2.75, 3.05) is 25.1 Å². The molecule has 2 aromatic carbocycles. The summed E-state index contributed by atoms with van der Waals surface area (Å²) in [4.78, 5) is 0. The normalized spacial score (nSPS) is 11.5. The molecule has 0 bridgehead atoms. The number of benzene rings is 2. The summed E-state index contributed by atoms with van der Waals surface area (Å²) >= 11 is 0. The standard InChI is InChI=1S/C23H33NO2/c1-18(2)14-16-25-22-12-8-20(9-13-22)24-15-17-26-21-10-6-19(7-11-21)23(3,4)5/h6-13,18,24H,14-17H2,1-5H3. The van der Waals surface area contributed by atoms with Crippen molar-refractivity contribution < 1.29 is 9.47 Å². The van der Waals surface area contributed by atoms with E-state index in [0.717, 1.165) is 36.8 Å². The van der Waals surface area contributed by atoms with Crippen LogP contribution in [0.25, 0.3) is 0 Å². The van der Waals surface area contributed by atoms with Crippen LogP contribution in [-0.4, -0.2) is 19.8 Å². The highest BCUT2D eigenvalue weighted by Crippen LogP contribution is 2.24. The fourth-order valence-electron chi connectivity index (χ4n) is 2.50. The molecular weight excluding hydrogens is 322 g/mol. The minimum atomic E-state index is 0.171. The zero-order valence-corrected chi connectivity index (χ0v) is 16.8. The van der Waals surface area contributed by atoms with E-state index in [9.17, 15) is 0 Å². The van der Waals surface area contributed by atoms with Crippen molar-refractivity contribution in [3.8, 4) is 11.5 Å². The first-order valence-electron chi connectivity index (χ1n) is 9.54. The van der Waals surface area contributed by atoms with Gasteiger partial charge in [0.2, 0.25) is 0 Å². The molecule has 0 heterocycles. The Morgan fingerprint density at radius 3 is 1.88 bits per heavy atom. The van der Waals surface area contributed by atoms with Gasteiger partial charge in [0.1, 0.15) is 18.1 Å². The lowest BCUT2D eigenvalue weighted by Crippen LogP contribution is -2.12. The van der Waals surface area contributed by atoms with Gasteiger partial charge >= 0.3 is 0 Å². The van der Waals surface area contributed by atoms with Gasteiger partial charge in [0.25, 0.3) is 0 Å². The topological polar surface area (TPSA) is 30.5 Å². The number of hydrogen-bond donors (Lipinski definition) is 1. The summed E-state index contributed by atoms with van der Waals surface area (Å²) in [5.74, 6) is 2.50. The van der Waals surface area contributed by atoms with Crippen molar-refractivity contribution in [2.45, 2.75) is 46.5 Å². The predicted molar refractivity (Wildman–Crippen MR) is 111 cm³/mol. The SMILES string of the molecule is CC(C)CCOc1ccc(NCCOc2ccc(C(C)(C)C)cc2)cc1. The Labute approximate surface area is 158 Å². The molecule has 0 aromatic heterocycles. The van der Waals surface area contributed by atoms with Crippen molar-refractivity contribution in [2.24, 2.45) is 5.92 Å². The maximum atomic E-state index is 5.81. The summed E-state index contributed by atoms with van der Waals surface area (Å²) in [6, 6.07) is 16.5. The molecule has 0 unspecified atom stereocenters. The van der Waals surface area contributed by atoms with E-state index in [0.29, 0.717) is 12.5 Å². The van der Waals surface area contributed by atoms with Crippen LogP contribution in [0.1, 0.15) is 46.6 Å². The molecule has 142 valence electrons. The minimum absolute atomic E-state index is 0.171. The lowest BCUT2D eigenvalue weighted by atomic mass is 9.87. The van der Waals surface area contributed by atoms with E-state index in [-0.39, 0.29) is 5.41 Å². The molecule has 0 fully saturated rings. The second kappa shape index (κ2) is 9.51. The third kappa shape index (κ3) is 6.99. The molecule has 0 atom stereocenters. The number of ether oxygens (including phenoxy) is 2. The summed E-state index contributed by atoms with van der Waals surface area (Å²) in [6.07, 6.45) is 1.08. The van der Waals surface area contributed by atoms with Crippen LogP contribution in [-0.2, 0) is 5.41 Å². The summed E-state index contributed by atoms with van der Waals surface area (Å²) in [5, 5.41) is 3.37. The van der Waals surface area contributed by atoms with Gasteiger partial charge in [-0.15, -0.1) is 0 Å². The Morgan fingerprint density at radius 1 is 0.808 bits per heavy atom. The molecule has 3 nitrogen and oxygen atoms in total. The molecule has 0 saturated carbocycles. The number of nitrogens with one attached hydrogen (secondary N) is 1. The van der Waals surface area contributed by atoms with Crippen molar-refractivity contribution in [1.82, 2.24) is 0 Å². The van der Waals surface area contributed by atoms with Crippen LogP contribution in [0.2, 0.25) is 0 Å². The Kier molecular flexibility index (Phi) is 7.38. The molecule has 0 amide bonds. The van der Waals surface area contributed by atoms with Crippen LogP contribution in [0.3, 0.4) is 0 Å². The van der Waals surface area contributed by atoms with Gasteiger partial charge in [-0.3, -0.25) is 0 Å². The molecule has 2 aromatic rings. The lowest BCUT2D eigenvalue weighted by Gasteiger charge is -2.19. The van der Waals surface area contributed by atoms with Crippen LogP contribution in [0.15, 0.2) is 48.5 Å². The van der Waals surface area contributed by atoms with Gasteiger partial charge in [0.15, 0.2) is 0 Å². The van der Waals surface area contributed by atoms with Crippen LogP contribution in [0, 0.1) is 5.92 Å². The molecule has 2 rings (SSSR count). The van der Waals surface area contributed by atoms with Crippen molar-refractivity contribution in [3.63, 3.8) is 0 Å². The lowest BCUT2D eigenvalue weighted by molar-refractivity contribution is 0.289. The highest BCUT2D eigenvalue weighted by atomic mass is 16.5. The van der Waals surface area contributed by atoms with Gasteiger partial charge in [0.05, 0.1) is 6.61 Å². The zero-order chi connectivity index (χ0) is 19.0. The third-order valence-electron chi connectivity index (χ3n) is 4.24. The highest BCUT2D eigenvalue weighted by molar-refractivity contribution is 5.46. The number of hydrogen-bond acceptors (Lipinski definition) is 3. The first kappa shape index (κ1) is 20.2. The van der Waals surface area contributed by atoms with E-state index in [2.05, 4.69) is 52.1 Å². The van der Waals surface area contributed by atoms with Crippen LogP contribution in [0.5, 0.6) is 11.5 Å². The summed E-state index contributed by atoms with van der Waals surface area (Å²) in [5.41, 5.74) is 2.57. The van der Waals surface area contributed by atoms with E-state index in [1.165, 1.54) is 5.56 Å². The van der Waals surface area contributed by atoms with Gasteiger partial charge in [-0.05, 0) is 59.7 Å². The first-order valence-corrected chi connectivity index (χ1v) is 9.54. The van der Waals surface area contributed by atoms with Gasteiger partial charge in [0, 0.05) is 12.2 Å². The second-order valence-corrected chi connectivity index (χ2v) is 8.10. The summed E-state index contributed by atoms with van der Waals surface area (Å²) < 4.78 is 11.5. The summed E-state index contributed by atoms with van der Waals surface area (Å²) in [6.45, 7) is 13.2. The van der Waals surface area contributed by atoms with Gasteiger partial charge < -0.3 is 14.8 Å². The first-order chi connectivity index (χ1) is 12.3. The van der Waals surface area contributed by atoms with Crippen molar-refractivity contribution in [3.05, 3.63) is 54.1 Å². The molecule has 1 N–H and O–H groups in total. The van der Waals surface area contributed by atoms with Crippen LogP contribution >= 0.6 is 0 Å². The van der Waals surface area contributed by atoms with Crippen molar-refractivity contribution >= 4 is 5.69 Å². The van der Waals surface area contributed by atoms with Gasteiger partial charge in [-0.25, -0.2) is 0 Å². The fraction of sp³-hybridized carbons (Fsp3) is 0.478. The average molecular weight is 356 g/mol. The Hall–Kier alpha value is -2.16. The van der Waals surface area contributed by atoms with Crippen LogP contribution in [0.4, 0.5) is 5.69 Å². The third-order valence-corrected chi connectivity index (χ3v) is 4.24. The van der Waals surface area contributed by atoms with E-state index >= 15 is 0 Å². The average Bonchev–Trinajstić information content (AvgIpc) is 2.59. The van der Waals surface area contributed by atoms with Gasteiger partial charge in [-0.1, -0.05) is 46.8 Å². The number of anilines is 1. The Bertz CT molecular complexity index is 639. The van der Waals surface area contributed by atoms with E-state index in [1.54, 1.807) is 0 Å². The zero-order valence-electron chi connectivity index (χ0n) is 16.8. The molecule has 0 aliphatic rings. The molecule has 3 heteroatoms. The maximum Gasteiger partial charge on any atom is 0.119 e. The molecule has 0 aliphatic heterocycles. The smallest absolute Gasteiger partial charge is 0.119 e. The molecule has 0 saturated heterocycles. The second-order valence-electron chi connectivity index (χ2n) is 8.10. The van der Waals surface area contributed by atoms with Gasteiger partial charge in [-0.2, -0.15) is 0 Å². The maximum absolute atomic E-state index is 5.81. The number of rotatable bonds is 9. The fourth-order valence-corrected chi connectivity index (χ4v) is 2.50. The molecule has 0 spiro atoms. The molecule has 0 radical (unpaired) electrons. The monoisotopic (exact) mass is 355 g/mol. The van der Waals surface area contributed by atoms with Crippen molar-refractivity contribution in [1.29, 1.82) is 0 Å². The Balaban J connectivity index is 1.69.